The number of ketones is 1. The molecule has 2 saturated heterocycles. The fourth-order valence-electron chi connectivity index (χ4n) is 11.6. The van der Waals surface area contributed by atoms with E-state index in [1.165, 1.54) is 13.3 Å². The number of Topliss-reactive ketones (excluding diaryl/α,β-unsaturated/α-hetero) is 1. The number of cyclic esters (lactones) is 1. The molecule has 8 rings (SSSR count). The molecule has 10 nitrogen and oxygen atoms in total. The first-order valence-corrected chi connectivity index (χ1v) is 17.7. The highest BCUT2D eigenvalue weighted by Gasteiger charge is 2.81. The summed E-state index contributed by atoms with van der Waals surface area (Å²) in [6.07, 6.45) is 9.36. The number of fused-ring (bicyclic) bond motifs is 4. The van der Waals surface area contributed by atoms with Crippen molar-refractivity contribution in [2.24, 2.45) is 40.4 Å². The Balaban J connectivity index is 1.02. The van der Waals surface area contributed by atoms with E-state index < -0.39 is 17.1 Å². The van der Waals surface area contributed by atoms with Gasteiger partial charge in [0.25, 0.3) is 0 Å². The molecule has 0 unspecified atom stereocenters. The van der Waals surface area contributed by atoms with Crippen LogP contribution in [-0.4, -0.2) is 95.6 Å². The molecule has 1 N–H and O–H groups in total. The highest BCUT2D eigenvalue weighted by Crippen LogP contribution is 2.73. The topological polar surface area (TPSA) is 124 Å². The number of hydrogen-bond acceptors (Lipinski definition) is 10. The van der Waals surface area contributed by atoms with Crippen LogP contribution >= 0.6 is 0 Å². The minimum Gasteiger partial charge on any atom is -0.480 e. The molecule has 1 aromatic heterocycles. The van der Waals surface area contributed by atoms with Crippen molar-refractivity contribution >= 4 is 17.3 Å². The smallest absolute Gasteiger partial charge is 0.335 e. The van der Waals surface area contributed by atoms with Crippen molar-refractivity contribution in [2.45, 2.75) is 90.1 Å². The lowest BCUT2D eigenvalue weighted by Crippen LogP contribution is -2.64. The number of nitrogens with zero attached hydrogens (tertiary/aromatic N) is 3. The molecule has 11 atom stereocenters. The molecule has 7 aliphatic rings. The summed E-state index contributed by atoms with van der Waals surface area (Å²) >= 11 is 0. The number of allylic oxidation sites excluding steroid dienone is 1. The van der Waals surface area contributed by atoms with Crippen LogP contribution in [-0.2, 0) is 23.8 Å². The molecule has 1 aromatic rings. The van der Waals surface area contributed by atoms with Crippen molar-refractivity contribution in [1.29, 1.82) is 0 Å². The number of esters is 1. The fourth-order valence-corrected chi connectivity index (χ4v) is 11.6. The number of methoxy groups -OCH3 is 1. The van der Waals surface area contributed by atoms with Crippen LogP contribution in [0.2, 0.25) is 0 Å². The van der Waals surface area contributed by atoms with Gasteiger partial charge in [-0.3, -0.25) is 9.69 Å². The van der Waals surface area contributed by atoms with E-state index in [4.69, 9.17) is 18.9 Å². The minimum atomic E-state index is -0.884. The Labute approximate surface area is 277 Å². The van der Waals surface area contributed by atoms with Crippen LogP contribution in [0.5, 0.6) is 5.88 Å². The third kappa shape index (κ3) is 4.50. The molecule has 1 spiro atoms. The van der Waals surface area contributed by atoms with Crippen molar-refractivity contribution < 1.29 is 33.6 Å². The number of aliphatic hydroxyl groups excluding tert-OH is 1. The maximum absolute atomic E-state index is 14.6. The van der Waals surface area contributed by atoms with Crippen LogP contribution in [0.3, 0.4) is 0 Å². The van der Waals surface area contributed by atoms with Crippen molar-refractivity contribution in [3.8, 4) is 5.88 Å². The van der Waals surface area contributed by atoms with Crippen LogP contribution in [0.4, 0.5) is 0 Å². The number of morpholine rings is 1. The van der Waals surface area contributed by atoms with Crippen molar-refractivity contribution in [3.05, 3.63) is 35.3 Å². The van der Waals surface area contributed by atoms with E-state index in [0.29, 0.717) is 54.7 Å². The molecular formula is C37H49N3O7. The number of hydrogen-bond donors (Lipinski definition) is 1. The van der Waals surface area contributed by atoms with E-state index in [1.807, 2.05) is 0 Å². The third-order valence-electron chi connectivity index (χ3n) is 14.1. The summed E-state index contributed by atoms with van der Waals surface area (Å²) in [5, 5.41) is 11.6. The van der Waals surface area contributed by atoms with Gasteiger partial charge in [0.2, 0.25) is 5.88 Å². The molecule has 5 fully saturated rings. The first-order valence-electron chi connectivity index (χ1n) is 17.7. The molecule has 0 radical (unpaired) electrons. The van der Waals surface area contributed by atoms with E-state index in [-0.39, 0.29) is 41.2 Å². The standard InChI is InChI=1S/C37H49N3O7/c1-20-14-29(46-34(43)24(20)19-40-10-12-45-13-11-40)21(2)25-6-7-26-22-16-31-37(47-31)30(41)15-23(28-17-39-32(44-5)18-38-28)33(42)36(37,4)27(22)8-9-35(25,26)3/h15,17-18,21-22,25-27,29-31,41H,6-14,16,19H2,1-5H3/t21-,22-,25+,26-,27-,29+,30-,31+,35+,36-,37+/m0/s1. The maximum atomic E-state index is 14.6. The zero-order valence-electron chi connectivity index (χ0n) is 28.4. The second-order valence-electron chi connectivity index (χ2n) is 15.9. The van der Waals surface area contributed by atoms with Gasteiger partial charge in [-0.05, 0) is 87.0 Å². The number of epoxide rings is 1. The molecule has 47 heavy (non-hydrogen) atoms. The van der Waals surface area contributed by atoms with Gasteiger partial charge in [0.05, 0.1) is 55.5 Å². The van der Waals surface area contributed by atoms with Gasteiger partial charge in [0.15, 0.2) is 5.78 Å². The van der Waals surface area contributed by atoms with Crippen LogP contribution < -0.4 is 4.74 Å². The Morgan fingerprint density at radius 3 is 2.60 bits per heavy atom. The monoisotopic (exact) mass is 647 g/mol. The number of aromatic nitrogens is 2. The largest absolute Gasteiger partial charge is 0.480 e. The number of rotatable bonds is 6. The van der Waals surface area contributed by atoms with E-state index in [1.54, 1.807) is 12.3 Å². The summed E-state index contributed by atoms with van der Waals surface area (Å²) in [7, 11) is 1.53. The average molecular weight is 648 g/mol. The quantitative estimate of drug-likeness (QED) is 0.358. The lowest BCUT2D eigenvalue weighted by molar-refractivity contribution is -0.155. The van der Waals surface area contributed by atoms with Gasteiger partial charge in [0.1, 0.15) is 17.8 Å². The zero-order chi connectivity index (χ0) is 32.9. The Kier molecular flexibility index (Phi) is 7.52. The third-order valence-corrected chi connectivity index (χ3v) is 14.1. The Bertz CT molecular complexity index is 1520. The van der Waals surface area contributed by atoms with E-state index in [0.717, 1.165) is 62.8 Å². The van der Waals surface area contributed by atoms with Crippen molar-refractivity contribution in [3.63, 3.8) is 0 Å². The molecule has 4 aliphatic carbocycles. The van der Waals surface area contributed by atoms with Gasteiger partial charge in [-0.15, -0.1) is 0 Å². The Hall–Kier alpha value is -2.66. The summed E-state index contributed by atoms with van der Waals surface area (Å²) in [6, 6.07) is 0. The number of carbonyl (C=O) groups is 2. The fraction of sp³-hybridized carbons (Fsp3) is 0.730. The summed E-state index contributed by atoms with van der Waals surface area (Å²) in [4.78, 5) is 39.0. The van der Waals surface area contributed by atoms with Gasteiger partial charge in [-0.25, -0.2) is 14.8 Å². The first-order chi connectivity index (χ1) is 22.5. The number of carbonyl (C=O) groups excluding carboxylic acids is 2. The number of aliphatic hydroxyl groups is 1. The average Bonchev–Trinajstić information content (AvgIpc) is 3.71. The number of ether oxygens (including phenoxy) is 4. The van der Waals surface area contributed by atoms with Gasteiger partial charge in [0, 0.05) is 31.6 Å². The Morgan fingerprint density at radius 2 is 1.89 bits per heavy atom. The van der Waals surface area contributed by atoms with Crippen LogP contribution in [0.15, 0.2) is 29.6 Å². The van der Waals surface area contributed by atoms with Crippen LogP contribution in [0.1, 0.15) is 71.9 Å². The van der Waals surface area contributed by atoms with Gasteiger partial charge >= 0.3 is 5.97 Å². The minimum absolute atomic E-state index is 0.00949. The summed E-state index contributed by atoms with van der Waals surface area (Å²) in [6.45, 7) is 12.7. The Morgan fingerprint density at radius 1 is 1.11 bits per heavy atom. The zero-order valence-corrected chi connectivity index (χ0v) is 28.4. The van der Waals surface area contributed by atoms with Crippen molar-refractivity contribution in [1.82, 2.24) is 14.9 Å². The maximum Gasteiger partial charge on any atom is 0.335 e. The molecule has 3 aliphatic heterocycles. The van der Waals surface area contributed by atoms with E-state index >= 15 is 0 Å². The molecule has 3 saturated carbocycles. The molecule has 0 bridgehead atoms. The lowest BCUT2D eigenvalue weighted by Gasteiger charge is -2.58. The van der Waals surface area contributed by atoms with E-state index in [2.05, 4.69) is 42.6 Å². The second kappa shape index (κ2) is 11.2. The molecule has 4 heterocycles. The summed E-state index contributed by atoms with van der Waals surface area (Å²) in [5.41, 5.74) is 1.23. The van der Waals surface area contributed by atoms with Gasteiger partial charge in [-0.1, -0.05) is 19.4 Å². The second-order valence-corrected chi connectivity index (χ2v) is 15.9. The SMILES string of the molecule is COc1cnc(C2=C[C@H](O)[C@@]34O[C@@H]3C[C@H]3[C@@H]5CC[C@H]([C@H](C)[C@H]6CC(C)=C(CN7CCOCC7)C(=O)O6)[C@@]5(C)CC[C@@H]3[C@@]4(C)C2=O)cn1. The lowest BCUT2D eigenvalue weighted by atomic mass is 9.43. The molecule has 0 amide bonds. The highest BCUT2D eigenvalue weighted by atomic mass is 16.6. The summed E-state index contributed by atoms with van der Waals surface area (Å²) in [5.74, 6) is 1.77. The van der Waals surface area contributed by atoms with Gasteiger partial charge in [-0.2, -0.15) is 0 Å². The first kappa shape index (κ1) is 31.6. The molecular weight excluding hydrogens is 598 g/mol. The van der Waals surface area contributed by atoms with Gasteiger partial charge < -0.3 is 24.1 Å². The molecule has 254 valence electrons. The van der Waals surface area contributed by atoms with Crippen LogP contribution in [0.25, 0.3) is 5.57 Å². The normalized spacial score (nSPS) is 43.6. The predicted octanol–water partition coefficient (Wildman–Crippen LogP) is 4.02. The predicted molar refractivity (Wildman–Crippen MR) is 172 cm³/mol. The molecule has 10 heteroatoms. The highest BCUT2D eigenvalue weighted by molar-refractivity contribution is 6.24. The van der Waals surface area contributed by atoms with E-state index in [9.17, 15) is 14.7 Å². The summed E-state index contributed by atoms with van der Waals surface area (Å²) < 4.78 is 23.4. The molecule has 0 aromatic carbocycles. The van der Waals surface area contributed by atoms with Crippen molar-refractivity contribution in [2.75, 3.05) is 40.0 Å². The van der Waals surface area contributed by atoms with Crippen LogP contribution in [0, 0.1) is 40.4 Å².